The number of aromatic hydroxyl groups is 1. The van der Waals surface area contributed by atoms with Gasteiger partial charge >= 0.3 is 12.4 Å². The van der Waals surface area contributed by atoms with Crippen molar-refractivity contribution in [2.45, 2.75) is 40.9 Å². The predicted molar refractivity (Wildman–Crippen MR) is 150 cm³/mol. The molecule has 2 aromatic carbocycles. The zero-order valence-electron chi connectivity index (χ0n) is 22.4. The van der Waals surface area contributed by atoms with Crippen LogP contribution in [0, 0.1) is 17.8 Å². The maximum absolute atomic E-state index is 14.0. The van der Waals surface area contributed by atoms with Crippen LogP contribution in [-0.4, -0.2) is 48.8 Å². The van der Waals surface area contributed by atoms with Gasteiger partial charge in [0.2, 0.25) is 11.8 Å². The fourth-order valence-corrected chi connectivity index (χ4v) is 8.58. The minimum Gasteiger partial charge on any atom is -0.508 e. The number of hydrogen-bond acceptors (Lipinski definition) is 5. The first-order valence-electron chi connectivity index (χ1n) is 13.3. The molecule has 4 aliphatic rings. The molecule has 2 saturated heterocycles. The number of phenolic OH excluding ortho intramolecular Hbond substituents is 1. The summed E-state index contributed by atoms with van der Waals surface area (Å²) in [6, 6.07) is 6.10. The summed E-state index contributed by atoms with van der Waals surface area (Å²) < 4.78 is 81.7. The lowest BCUT2D eigenvalue weighted by atomic mass is 9.56. The van der Waals surface area contributed by atoms with Crippen molar-refractivity contribution in [2.24, 2.45) is 17.8 Å². The first kappa shape index (κ1) is 31.9. The van der Waals surface area contributed by atoms with Crippen molar-refractivity contribution in [1.82, 2.24) is 4.90 Å². The van der Waals surface area contributed by atoms with E-state index in [9.17, 15) is 50.6 Å². The zero-order chi connectivity index (χ0) is 33.0. The molecule has 2 aliphatic heterocycles. The van der Waals surface area contributed by atoms with E-state index >= 15 is 0 Å². The van der Waals surface area contributed by atoms with E-state index in [1.807, 2.05) is 0 Å². The first-order valence-corrected chi connectivity index (χ1v) is 15.2. The second kappa shape index (κ2) is 10.2. The Morgan fingerprint density at radius 1 is 0.889 bits per heavy atom. The van der Waals surface area contributed by atoms with Crippen LogP contribution >= 0.6 is 39.1 Å². The molecule has 1 N–H and O–H groups in total. The number of anilines is 1. The maximum atomic E-state index is 14.0. The summed E-state index contributed by atoms with van der Waals surface area (Å²) in [6.07, 6.45) is -9.54. The zero-order valence-corrected chi connectivity index (χ0v) is 25.5. The van der Waals surface area contributed by atoms with Gasteiger partial charge in [-0.15, -0.1) is 23.2 Å². The molecule has 1 saturated carbocycles. The third-order valence-corrected chi connectivity index (χ3v) is 11.0. The molecule has 0 spiro atoms. The van der Waals surface area contributed by atoms with Crippen molar-refractivity contribution in [3.05, 3.63) is 70.8 Å². The van der Waals surface area contributed by atoms with Gasteiger partial charge in [0.05, 0.1) is 34.1 Å². The molecule has 7 nitrogen and oxygen atoms in total. The Morgan fingerprint density at radius 3 is 2.07 bits per heavy atom. The van der Waals surface area contributed by atoms with Crippen molar-refractivity contribution in [3.8, 4) is 5.75 Å². The Hall–Kier alpha value is -3.10. The number of likely N-dealkylation sites (tertiary alicyclic amines) is 1. The van der Waals surface area contributed by atoms with Crippen LogP contribution in [0.5, 0.6) is 5.75 Å². The van der Waals surface area contributed by atoms with Gasteiger partial charge in [-0.05, 0) is 54.7 Å². The summed E-state index contributed by atoms with van der Waals surface area (Å²) in [5.41, 5.74) is -4.02. The number of carbonyl (C=O) groups is 4. The number of fused-ring (bicyclic) bond motifs is 4. The molecule has 3 fully saturated rings. The summed E-state index contributed by atoms with van der Waals surface area (Å²) in [7, 11) is 0. The largest absolute Gasteiger partial charge is 0.508 e. The number of imide groups is 2. The van der Waals surface area contributed by atoms with Gasteiger partial charge < -0.3 is 5.11 Å². The molecule has 0 radical (unpaired) electrons. The van der Waals surface area contributed by atoms with Crippen molar-refractivity contribution < 1.29 is 50.6 Å². The van der Waals surface area contributed by atoms with Crippen LogP contribution in [0.4, 0.5) is 32.0 Å². The average Bonchev–Trinajstić information content (AvgIpc) is 3.29. The summed E-state index contributed by atoms with van der Waals surface area (Å²) in [4.78, 5) is 51.7. The lowest BCUT2D eigenvalue weighted by molar-refractivity contribution is -0.143. The molecule has 6 atom stereocenters. The number of rotatable bonds is 3. The van der Waals surface area contributed by atoms with E-state index in [2.05, 4.69) is 15.9 Å². The highest BCUT2D eigenvalue weighted by Gasteiger charge is 2.76. The highest BCUT2D eigenvalue weighted by molar-refractivity contribution is 9.09. The van der Waals surface area contributed by atoms with Gasteiger partial charge in [0.25, 0.3) is 11.8 Å². The number of allylic oxidation sites excluding steroid dienone is 2. The molecule has 2 heterocycles. The van der Waals surface area contributed by atoms with Crippen LogP contribution in [0.3, 0.4) is 0 Å². The Morgan fingerprint density at radius 2 is 1.51 bits per heavy atom. The summed E-state index contributed by atoms with van der Waals surface area (Å²) in [5, 5.41) is 10.3. The molecule has 2 aromatic rings. The van der Waals surface area contributed by atoms with Gasteiger partial charge in [-0.1, -0.05) is 39.7 Å². The lowest BCUT2D eigenvalue weighted by Gasteiger charge is -2.50. The van der Waals surface area contributed by atoms with Crippen LogP contribution in [0.25, 0.3) is 0 Å². The molecule has 6 rings (SSSR count). The topological polar surface area (TPSA) is 95.0 Å². The van der Waals surface area contributed by atoms with E-state index in [1.54, 1.807) is 0 Å². The maximum Gasteiger partial charge on any atom is 0.416 e. The Labute approximate surface area is 268 Å². The second-order valence-corrected chi connectivity index (χ2v) is 13.1. The van der Waals surface area contributed by atoms with Crippen LogP contribution in [0.2, 0.25) is 0 Å². The predicted octanol–water partition coefficient (Wildman–Crippen LogP) is 6.35. The highest BCUT2D eigenvalue weighted by Crippen LogP contribution is 2.65. The number of nitrogens with zero attached hydrogens (tertiary/aromatic N) is 2. The summed E-state index contributed by atoms with van der Waals surface area (Å²) in [5.74, 6) is -8.96. The van der Waals surface area contributed by atoms with E-state index in [1.165, 1.54) is 30.3 Å². The summed E-state index contributed by atoms with van der Waals surface area (Å²) in [6.45, 7) is 0. The number of alkyl halides is 9. The van der Waals surface area contributed by atoms with Crippen molar-refractivity contribution >= 4 is 68.4 Å². The van der Waals surface area contributed by atoms with E-state index in [0.717, 1.165) is 4.90 Å². The standard InChI is InChI=1S/C29H19BrCl2F6N2O5/c30-11-39-24(44)26(31)10-19-17(21(27(26,32)25(39)45)12-2-1-3-16(41)6-12)4-5-18-20(19)23(43)40(22(18)42)15-8-13(28(33,34)35)7-14(9-15)29(36,37)38/h1-4,6-9,18-21,41H,5,10-11H2. The third-order valence-electron chi connectivity index (χ3n) is 9.05. The number of halogens is 9. The van der Waals surface area contributed by atoms with Crippen molar-refractivity contribution in [2.75, 3.05) is 10.4 Å². The molecule has 0 bridgehead atoms. The van der Waals surface area contributed by atoms with Gasteiger partial charge in [-0.25, -0.2) is 4.90 Å². The Bertz CT molecular complexity index is 1680. The van der Waals surface area contributed by atoms with Crippen molar-refractivity contribution in [3.63, 3.8) is 0 Å². The van der Waals surface area contributed by atoms with Gasteiger partial charge in [-0.2, -0.15) is 26.3 Å². The molecule has 45 heavy (non-hydrogen) atoms. The Kier molecular flexibility index (Phi) is 7.22. The smallest absolute Gasteiger partial charge is 0.416 e. The average molecular weight is 740 g/mol. The van der Waals surface area contributed by atoms with Crippen LogP contribution < -0.4 is 4.90 Å². The van der Waals surface area contributed by atoms with Gasteiger partial charge in [0, 0.05) is 5.92 Å². The minimum absolute atomic E-state index is 0.113. The first-order chi connectivity index (χ1) is 20.9. The van der Waals surface area contributed by atoms with E-state index < -0.39 is 92.6 Å². The number of benzene rings is 2. The van der Waals surface area contributed by atoms with Crippen LogP contribution in [0.15, 0.2) is 54.1 Å². The van der Waals surface area contributed by atoms with Gasteiger partial charge in [-0.3, -0.25) is 24.1 Å². The van der Waals surface area contributed by atoms with E-state index in [4.69, 9.17) is 23.2 Å². The highest BCUT2D eigenvalue weighted by atomic mass is 79.9. The number of amides is 4. The monoisotopic (exact) mass is 738 g/mol. The fourth-order valence-electron chi connectivity index (χ4n) is 7.15. The van der Waals surface area contributed by atoms with Crippen LogP contribution in [-0.2, 0) is 31.5 Å². The number of hydrogen-bond donors (Lipinski definition) is 1. The van der Waals surface area contributed by atoms with E-state index in [0.29, 0.717) is 22.6 Å². The summed E-state index contributed by atoms with van der Waals surface area (Å²) >= 11 is 17.2. The number of carbonyl (C=O) groups excluding carboxylic acids is 4. The molecule has 16 heteroatoms. The minimum atomic E-state index is -5.23. The molecule has 2 aliphatic carbocycles. The number of phenols is 1. The van der Waals surface area contributed by atoms with Crippen LogP contribution in [0.1, 0.15) is 35.4 Å². The molecule has 4 amide bonds. The quantitative estimate of drug-likeness (QED) is 0.130. The fraction of sp³-hybridized carbons (Fsp3) is 0.379. The molecule has 0 aromatic heterocycles. The molecular weight excluding hydrogens is 721 g/mol. The third kappa shape index (κ3) is 4.45. The van der Waals surface area contributed by atoms with Crippen molar-refractivity contribution in [1.29, 1.82) is 0 Å². The van der Waals surface area contributed by atoms with Gasteiger partial charge in [0.1, 0.15) is 5.75 Å². The van der Waals surface area contributed by atoms with E-state index in [-0.39, 0.29) is 29.3 Å². The second-order valence-electron chi connectivity index (χ2n) is 11.4. The van der Waals surface area contributed by atoms with Gasteiger partial charge in [0.15, 0.2) is 9.75 Å². The molecule has 238 valence electrons. The normalized spacial score (nSPS) is 31.6. The Balaban J connectivity index is 1.50. The molecule has 6 unspecified atom stereocenters. The SMILES string of the molecule is O=C1C2CC=C3C(CC4(Cl)C(=O)N(CBr)C(=O)C4(Cl)C3c3cccc(O)c3)C2C(=O)N1c1cc(C(F)(F)F)cc(C(F)(F)F)c1. The lowest BCUT2D eigenvalue weighted by Crippen LogP contribution is -2.60. The molecular formula is C29H19BrCl2F6N2O5.